The van der Waals surface area contributed by atoms with Crippen molar-refractivity contribution in [3.8, 4) is 0 Å². The van der Waals surface area contributed by atoms with Crippen molar-refractivity contribution in [2.45, 2.75) is 32.1 Å². The van der Waals surface area contributed by atoms with E-state index < -0.39 is 10.0 Å². The third-order valence-corrected chi connectivity index (χ3v) is 6.74. The second kappa shape index (κ2) is 6.06. The number of fused-ring (bicyclic) bond motifs is 1. The van der Waals surface area contributed by atoms with E-state index in [1.54, 1.807) is 11.0 Å². The molecule has 0 unspecified atom stereocenters. The second-order valence-electron chi connectivity index (χ2n) is 4.92. The van der Waals surface area contributed by atoms with Gasteiger partial charge in [0.1, 0.15) is 0 Å². The topological polar surface area (TPSA) is 57.7 Å². The number of anilines is 1. The zero-order valence-corrected chi connectivity index (χ0v) is 14.8. The highest BCUT2D eigenvalue weighted by Crippen LogP contribution is 2.36. The summed E-state index contributed by atoms with van der Waals surface area (Å²) in [5, 5.41) is 0. The Labute approximate surface area is 134 Å². The summed E-state index contributed by atoms with van der Waals surface area (Å²) in [6.45, 7) is 6.55. The lowest BCUT2D eigenvalue weighted by atomic mass is 10.2. The van der Waals surface area contributed by atoms with E-state index in [9.17, 15) is 13.2 Å². The fourth-order valence-corrected chi connectivity index (χ4v) is 5.14. The van der Waals surface area contributed by atoms with Crippen molar-refractivity contribution < 1.29 is 13.2 Å². The summed E-state index contributed by atoms with van der Waals surface area (Å²) < 4.78 is 27.3. The fourth-order valence-electron chi connectivity index (χ4n) is 2.62. The Morgan fingerprint density at radius 1 is 1.33 bits per heavy atom. The van der Waals surface area contributed by atoms with Gasteiger partial charge in [-0.15, -0.1) is 0 Å². The average molecular weight is 375 g/mol. The molecule has 1 aromatic carbocycles. The molecule has 0 saturated carbocycles. The van der Waals surface area contributed by atoms with Gasteiger partial charge in [-0.3, -0.25) is 4.79 Å². The van der Waals surface area contributed by atoms with Crippen LogP contribution >= 0.6 is 15.9 Å². The highest BCUT2D eigenvalue weighted by atomic mass is 79.9. The third-order valence-electron chi connectivity index (χ3n) is 3.73. The van der Waals surface area contributed by atoms with Gasteiger partial charge < -0.3 is 4.90 Å². The molecule has 0 spiro atoms. The van der Waals surface area contributed by atoms with Gasteiger partial charge in [-0.25, -0.2) is 8.42 Å². The normalized spacial score (nSPS) is 14.6. The van der Waals surface area contributed by atoms with Crippen molar-refractivity contribution in [1.82, 2.24) is 4.31 Å². The van der Waals surface area contributed by atoms with Crippen LogP contribution in [0.5, 0.6) is 0 Å². The number of hydrogen-bond acceptors (Lipinski definition) is 3. The van der Waals surface area contributed by atoms with Gasteiger partial charge in [-0.2, -0.15) is 4.31 Å². The highest BCUT2D eigenvalue weighted by Gasteiger charge is 2.29. The van der Waals surface area contributed by atoms with E-state index in [0.29, 0.717) is 29.8 Å². The molecular weight excluding hydrogens is 356 g/mol. The van der Waals surface area contributed by atoms with E-state index in [0.717, 1.165) is 12.0 Å². The number of carbonyl (C=O) groups excluding carboxylic acids is 1. The summed E-state index contributed by atoms with van der Waals surface area (Å²) in [5.41, 5.74) is 1.70. The Hall–Kier alpha value is -0.920. The molecule has 116 valence electrons. The van der Waals surface area contributed by atoms with Crippen LogP contribution in [0, 0.1) is 0 Å². The van der Waals surface area contributed by atoms with Gasteiger partial charge >= 0.3 is 0 Å². The summed E-state index contributed by atoms with van der Waals surface area (Å²) in [6, 6.07) is 3.43. The van der Waals surface area contributed by atoms with Crippen LogP contribution in [0.15, 0.2) is 21.5 Å². The minimum atomic E-state index is -3.55. The maximum absolute atomic E-state index is 12.7. The molecule has 0 saturated heterocycles. The number of nitrogens with zero attached hydrogens (tertiary/aromatic N) is 2. The van der Waals surface area contributed by atoms with Crippen LogP contribution in [-0.2, 0) is 21.2 Å². The number of amides is 1. The van der Waals surface area contributed by atoms with Gasteiger partial charge in [-0.1, -0.05) is 13.8 Å². The molecule has 1 heterocycles. The van der Waals surface area contributed by atoms with E-state index >= 15 is 0 Å². The molecule has 2 rings (SSSR count). The van der Waals surface area contributed by atoms with Crippen molar-refractivity contribution in [2.75, 3.05) is 24.5 Å². The molecule has 5 nitrogen and oxygen atoms in total. The maximum Gasteiger partial charge on any atom is 0.244 e. The molecule has 0 radical (unpaired) electrons. The predicted molar refractivity (Wildman–Crippen MR) is 86.0 cm³/mol. The first kappa shape index (κ1) is 16.5. The van der Waals surface area contributed by atoms with Crippen LogP contribution in [0.3, 0.4) is 0 Å². The molecule has 1 aromatic rings. The number of hydrogen-bond donors (Lipinski definition) is 0. The van der Waals surface area contributed by atoms with Gasteiger partial charge in [0.2, 0.25) is 15.9 Å². The van der Waals surface area contributed by atoms with Crippen molar-refractivity contribution in [1.29, 1.82) is 0 Å². The molecule has 0 aliphatic carbocycles. The molecule has 0 atom stereocenters. The van der Waals surface area contributed by atoms with Gasteiger partial charge in [0.25, 0.3) is 0 Å². The quantitative estimate of drug-likeness (QED) is 0.812. The van der Waals surface area contributed by atoms with E-state index in [1.807, 2.05) is 19.9 Å². The van der Waals surface area contributed by atoms with E-state index in [1.165, 1.54) is 11.2 Å². The Balaban J connectivity index is 2.57. The first-order chi connectivity index (χ1) is 9.82. The predicted octanol–water partition coefficient (Wildman–Crippen LogP) is 2.39. The number of sulfonamides is 1. The van der Waals surface area contributed by atoms with E-state index in [2.05, 4.69) is 15.9 Å². The molecule has 0 aromatic heterocycles. The minimum Gasteiger partial charge on any atom is -0.312 e. The number of rotatable bonds is 4. The van der Waals surface area contributed by atoms with Crippen molar-refractivity contribution in [2.24, 2.45) is 0 Å². The molecule has 0 bridgehead atoms. The summed E-state index contributed by atoms with van der Waals surface area (Å²) >= 11 is 3.36. The van der Waals surface area contributed by atoms with Crippen LogP contribution in [0.2, 0.25) is 0 Å². The smallest absolute Gasteiger partial charge is 0.244 e. The maximum atomic E-state index is 12.7. The van der Waals surface area contributed by atoms with Crippen LogP contribution < -0.4 is 4.90 Å². The van der Waals surface area contributed by atoms with Crippen molar-refractivity contribution in [3.05, 3.63) is 22.2 Å². The molecule has 0 fully saturated rings. The molecule has 7 heteroatoms. The number of carbonyl (C=O) groups is 1. The van der Waals surface area contributed by atoms with Gasteiger partial charge in [0.15, 0.2) is 0 Å². The lowest BCUT2D eigenvalue weighted by Crippen LogP contribution is -2.31. The van der Waals surface area contributed by atoms with Crippen LogP contribution in [0.4, 0.5) is 5.69 Å². The summed E-state index contributed by atoms with van der Waals surface area (Å²) in [7, 11) is -3.55. The second-order valence-corrected chi connectivity index (χ2v) is 7.68. The Morgan fingerprint density at radius 2 is 1.95 bits per heavy atom. The first-order valence-electron chi connectivity index (χ1n) is 6.93. The highest BCUT2D eigenvalue weighted by molar-refractivity contribution is 9.10. The molecule has 1 amide bonds. The molecule has 0 N–H and O–H groups in total. The van der Waals surface area contributed by atoms with Crippen molar-refractivity contribution in [3.63, 3.8) is 0 Å². The van der Waals surface area contributed by atoms with Crippen LogP contribution in [-0.4, -0.2) is 38.3 Å². The Morgan fingerprint density at radius 3 is 2.48 bits per heavy atom. The van der Waals surface area contributed by atoms with Gasteiger partial charge in [0, 0.05) is 36.7 Å². The fraction of sp³-hybridized carbons (Fsp3) is 0.500. The zero-order chi connectivity index (χ0) is 15.8. The lowest BCUT2D eigenvalue weighted by molar-refractivity contribution is -0.116. The Bertz CT molecular complexity index is 669. The SMILES string of the molecule is CCN(CC)S(=O)(=O)c1cc2c(cc1Br)CCN2C(C)=O. The summed E-state index contributed by atoms with van der Waals surface area (Å²) in [5.74, 6) is -0.0674. The first-order valence-corrected chi connectivity index (χ1v) is 9.16. The number of halogens is 1. The minimum absolute atomic E-state index is 0.0674. The molecular formula is C14H19BrN2O3S. The average Bonchev–Trinajstić information content (AvgIpc) is 2.81. The van der Waals surface area contributed by atoms with Gasteiger partial charge in [-0.05, 0) is 40.0 Å². The monoisotopic (exact) mass is 374 g/mol. The van der Waals surface area contributed by atoms with Crippen LogP contribution in [0.1, 0.15) is 26.3 Å². The number of benzene rings is 1. The summed E-state index contributed by atoms with van der Waals surface area (Å²) in [6.07, 6.45) is 0.749. The zero-order valence-electron chi connectivity index (χ0n) is 12.4. The third kappa shape index (κ3) is 2.86. The Kier molecular flexibility index (Phi) is 4.75. The standard InChI is InChI=1S/C14H19BrN2O3S/c1-4-16(5-2)21(19,20)14-9-13-11(8-12(14)15)6-7-17(13)10(3)18/h8-9H,4-7H2,1-3H3. The van der Waals surface area contributed by atoms with Crippen LogP contribution in [0.25, 0.3) is 0 Å². The van der Waals surface area contributed by atoms with E-state index in [-0.39, 0.29) is 10.8 Å². The molecule has 1 aliphatic rings. The largest absolute Gasteiger partial charge is 0.312 e. The van der Waals surface area contributed by atoms with Gasteiger partial charge in [0.05, 0.1) is 4.90 Å². The summed E-state index contributed by atoms with van der Waals surface area (Å²) in [4.78, 5) is 13.5. The molecule has 1 aliphatic heterocycles. The molecule has 21 heavy (non-hydrogen) atoms. The lowest BCUT2D eigenvalue weighted by Gasteiger charge is -2.21. The van der Waals surface area contributed by atoms with E-state index in [4.69, 9.17) is 0 Å². The van der Waals surface area contributed by atoms with Crippen molar-refractivity contribution >= 4 is 37.5 Å².